The van der Waals surface area contributed by atoms with E-state index in [2.05, 4.69) is 14.9 Å². The molecule has 0 bridgehead atoms. The highest BCUT2D eigenvalue weighted by molar-refractivity contribution is 7.13. The number of pyridine rings is 1. The van der Waals surface area contributed by atoms with E-state index in [1.165, 1.54) is 6.20 Å². The number of carbonyl (C=O) groups excluding carboxylic acids is 1. The topological polar surface area (TPSA) is 69.3 Å². The molecule has 0 saturated carbocycles. The second kappa shape index (κ2) is 6.31. The molecule has 0 unspecified atom stereocenters. The van der Waals surface area contributed by atoms with E-state index < -0.39 is 0 Å². The number of rotatable bonds is 2. The number of amides is 1. The Kier molecular flexibility index (Phi) is 4.24. The zero-order chi connectivity index (χ0) is 15.5. The molecule has 0 spiro atoms. The molecule has 0 radical (unpaired) electrons. The van der Waals surface area contributed by atoms with Crippen LogP contribution in [0.5, 0.6) is 0 Å². The summed E-state index contributed by atoms with van der Waals surface area (Å²) in [6, 6.07) is 0. The monoisotopic (exact) mass is 318 g/mol. The van der Waals surface area contributed by atoms with Crippen LogP contribution in [0.2, 0.25) is 0 Å². The third-order valence-corrected chi connectivity index (χ3v) is 4.67. The predicted octanol–water partition coefficient (Wildman–Crippen LogP) is 1.49. The number of hydrogen-bond acceptors (Lipinski definition) is 5. The van der Waals surface area contributed by atoms with Crippen molar-refractivity contribution in [2.75, 3.05) is 31.1 Å². The van der Waals surface area contributed by atoms with Gasteiger partial charge in [0.2, 0.25) is 0 Å². The summed E-state index contributed by atoms with van der Waals surface area (Å²) in [5.41, 5.74) is 0.595. The van der Waals surface area contributed by atoms with Gasteiger partial charge in [-0.15, -0.1) is 11.3 Å². The molecule has 1 N–H and O–H groups in total. The van der Waals surface area contributed by atoms with Crippen molar-refractivity contribution in [1.29, 1.82) is 0 Å². The number of H-pyrrole nitrogens is 1. The van der Waals surface area contributed by atoms with E-state index >= 15 is 0 Å². The Morgan fingerprint density at radius 3 is 2.91 bits per heavy atom. The first-order valence-electron chi connectivity index (χ1n) is 7.28. The van der Waals surface area contributed by atoms with Crippen LogP contribution >= 0.6 is 11.3 Å². The molecule has 3 rings (SSSR count). The van der Waals surface area contributed by atoms with Crippen LogP contribution in [0.4, 0.5) is 5.13 Å². The zero-order valence-corrected chi connectivity index (χ0v) is 13.2. The number of anilines is 1. The van der Waals surface area contributed by atoms with E-state index in [4.69, 9.17) is 0 Å². The molecule has 1 aliphatic rings. The van der Waals surface area contributed by atoms with Crippen LogP contribution in [-0.2, 0) is 0 Å². The first-order chi connectivity index (χ1) is 10.7. The number of hydrogen-bond donors (Lipinski definition) is 1. The lowest BCUT2D eigenvalue weighted by molar-refractivity contribution is 0.0765. The molecule has 116 valence electrons. The highest BCUT2D eigenvalue weighted by Gasteiger charge is 2.23. The van der Waals surface area contributed by atoms with Gasteiger partial charge in [0.25, 0.3) is 5.91 Å². The maximum Gasteiger partial charge on any atom is 0.259 e. The first-order valence-corrected chi connectivity index (χ1v) is 8.16. The van der Waals surface area contributed by atoms with Crippen molar-refractivity contribution >= 4 is 22.4 Å². The third kappa shape index (κ3) is 2.89. The van der Waals surface area contributed by atoms with E-state index in [1.54, 1.807) is 35.6 Å². The van der Waals surface area contributed by atoms with Crippen molar-refractivity contribution in [1.82, 2.24) is 14.9 Å². The molecule has 3 heterocycles. The number of aromatic nitrogens is 2. The van der Waals surface area contributed by atoms with E-state index in [1.807, 2.05) is 5.38 Å². The summed E-state index contributed by atoms with van der Waals surface area (Å²) in [6.07, 6.45) is 5.78. The molecule has 0 aromatic carbocycles. The standard InChI is InChI=1S/C15H18N4O2S/c1-11-9-16-10-12(13(11)20)14(21)18-4-2-5-19(7-6-18)15-17-3-8-22-15/h3,8-10H,2,4-7H2,1H3,(H,16,20). The van der Waals surface area contributed by atoms with Gasteiger partial charge >= 0.3 is 0 Å². The summed E-state index contributed by atoms with van der Waals surface area (Å²) >= 11 is 1.61. The van der Waals surface area contributed by atoms with Crippen LogP contribution in [0.3, 0.4) is 0 Å². The minimum absolute atomic E-state index is 0.189. The fourth-order valence-electron chi connectivity index (χ4n) is 2.61. The Hall–Kier alpha value is -2.15. The summed E-state index contributed by atoms with van der Waals surface area (Å²) in [6.45, 7) is 4.59. The Balaban J connectivity index is 1.74. The average molecular weight is 318 g/mol. The smallest absolute Gasteiger partial charge is 0.259 e. The van der Waals surface area contributed by atoms with Crippen molar-refractivity contribution in [3.05, 3.63) is 45.3 Å². The van der Waals surface area contributed by atoms with Gasteiger partial charge in [0.15, 0.2) is 10.6 Å². The highest BCUT2D eigenvalue weighted by atomic mass is 32.1. The minimum atomic E-state index is -0.190. The molecular weight excluding hydrogens is 300 g/mol. The van der Waals surface area contributed by atoms with Gasteiger partial charge in [0.1, 0.15) is 5.56 Å². The number of nitrogens with zero attached hydrogens (tertiary/aromatic N) is 3. The Bertz CT molecular complexity index is 711. The number of nitrogens with one attached hydrogen (secondary N) is 1. The maximum absolute atomic E-state index is 12.6. The molecule has 6 nitrogen and oxygen atoms in total. The lowest BCUT2D eigenvalue weighted by Crippen LogP contribution is -2.37. The van der Waals surface area contributed by atoms with Gasteiger partial charge in [-0.3, -0.25) is 9.59 Å². The second-order valence-electron chi connectivity index (χ2n) is 5.33. The summed E-state index contributed by atoms with van der Waals surface area (Å²) in [7, 11) is 0. The van der Waals surface area contributed by atoms with Crippen molar-refractivity contribution in [3.8, 4) is 0 Å². The Labute approximate surface area is 132 Å². The lowest BCUT2D eigenvalue weighted by atomic mass is 10.2. The largest absolute Gasteiger partial charge is 0.366 e. The normalized spacial score (nSPS) is 15.7. The van der Waals surface area contributed by atoms with Crippen molar-refractivity contribution in [2.45, 2.75) is 13.3 Å². The predicted molar refractivity (Wildman–Crippen MR) is 86.6 cm³/mol. The van der Waals surface area contributed by atoms with Crippen LogP contribution in [0.15, 0.2) is 28.8 Å². The van der Waals surface area contributed by atoms with Gasteiger partial charge < -0.3 is 14.8 Å². The Morgan fingerprint density at radius 2 is 2.14 bits per heavy atom. The zero-order valence-electron chi connectivity index (χ0n) is 12.4. The van der Waals surface area contributed by atoms with Gasteiger partial charge in [-0.05, 0) is 13.3 Å². The summed E-state index contributed by atoms with van der Waals surface area (Å²) in [4.78, 5) is 35.8. The quantitative estimate of drug-likeness (QED) is 0.911. The molecule has 1 aliphatic heterocycles. The lowest BCUT2D eigenvalue weighted by Gasteiger charge is -2.21. The maximum atomic E-state index is 12.6. The molecule has 7 heteroatoms. The summed E-state index contributed by atoms with van der Waals surface area (Å²) < 4.78 is 0. The van der Waals surface area contributed by atoms with Gasteiger partial charge in [0.05, 0.1) is 0 Å². The molecule has 0 aliphatic carbocycles. The van der Waals surface area contributed by atoms with E-state index in [0.717, 1.165) is 24.6 Å². The van der Waals surface area contributed by atoms with E-state index in [0.29, 0.717) is 18.7 Å². The van der Waals surface area contributed by atoms with Crippen LogP contribution < -0.4 is 10.3 Å². The van der Waals surface area contributed by atoms with Gasteiger partial charge in [-0.25, -0.2) is 4.98 Å². The fourth-order valence-corrected chi connectivity index (χ4v) is 3.30. The first kappa shape index (κ1) is 14.8. The number of aryl methyl sites for hydroxylation is 1. The third-order valence-electron chi connectivity index (χ3n) is 3.83. The van der Waals surface area contributed by atoms with Crippen LogP contribution in [0.25, 0.3) is 0 Å². The second-order valence-corrected chi connectivity index (χ2v) is 6.20. The molecule has 2 aromatic heterocycles. The molecule has 1 fully saturated rings. The summed E-state index contributed by atoms with van der Waals surface area (Å²) in [5.74, 6) is -0.189. The van der Waals surface area contributed by atoms with Crippen molar-refractivity contribution in [3.63, 3.8) is 0 Å². The minimum Gasteiger partial charge on any atom is -0.366 e. The van der Waals surface area contributed by atoms with Gasteiger partial charge in [-0.2, -0.15) is 0 Å². The van der Waals surface area contributed by atoms with Gasteiger partial charge in [0, 0.05) is 55.7 Å². The average Bonchev–Trinajstić information content (AvgIpc) is 2.94. The number of carbonyl (C=O) groups is 1. The number of thiazole rings is 1. The highest BCUT2D eigenvalue weighted by Crippen LogP contribution is 2.19. The molecule has 1 amide bonds. The van der Waals surface area contributed by atoms with Gasteiger partial charge in [-0.1, -0.05) is 0 Å². The van der Waals surface area contributed by atoms with E-state index in [9.17, 15) is 9.59 Å². The molecule has 2 aromatic rings. The molecular formula is C15H18N4O2S. The SMILES string of the molecule is Cc1c[nH]cc(C(=O)N2CCCN(c3nccs3)CC2)c1=O. The van der Waals surface area contributed by atoms with Crippen molar-refractivity contribution in [2.24, 2.45) is 0 Å². The van der Waals surface area contributed by atoms with Crippen molar-refractivity contribution < 1.29 is 4.79 Å². The molecule has 22 heavy (non-hydrogen) atoms. The van der Waals surface area contributed by atoms with Crippen LogP contribution in [0.1, 0.15) is 22.3 Å². The fraction of sp³-hybridized carbons (Fsp3) is 0.400. The molecule has 1 saturated heterocycles. The number of aromatic amines is 1. The van der Waals surface area contributed by atoms with Crippen LogP contribution in [-0.4, -0.2) is 47.0 Å². The molecule has 0 atom stereocenters. The Morgan fingerprint density at radius 1 is 1.27 bits per heavy atom. The summed E-state index contributed by atoms with van der Waals surface area (Å²) in [5, 5.41) is 2.94. The van der Waals surface area contributed by atoms with Crippen LogP contribution in [0, 0.1) is 6.92 Å². The van der Waals surface area contributed by atoms with E-state index in [-0.39, 0.29) is 16.9 Å².